The number of benzene rings is 1. The molecule has 0 radical (unpaired) electrons. The van der Waals surface area contributed by atoms with E-state index in [-0.39, 0.29) is 0 Å². The van der Waals surface area contributed by atoms with Gasteiger partial charge in [0.1, 0.15) is 5.75 Å². The maximum atomic E-state index is 10.4. The lowest BCUT2D eigenvalue weighted by molar-refractivity contribution is 0.0588. The van der Waals surface area contributed by atoms with Crippen LogP contribution in [0.1, 0.15) is 68.1 Å². The topological polar surface area (TPSA) is 20.2 Å². The van der Waals surface area contributed by atoms with Crippen molar-refractivity contribution < 1.29 is 5.11 Å². The normalized spacial score (nSPS) is 39.0. The van der Waals surface area contributed by atoms with Crippen molar-refractivity contribution in [3.05, 3.63) is 28.8 Å². The predicted octanol–water partition coefficient (Wildman–Crippen LogP) is 4.95. The first-order valence-corrected chi connectivity index (χ1v) is 8.41. The van der Waals surface area contributed by atoms with E-state index >= 15 is 0 Å². The number of phenols is 1. The molecular weight excluding hydrogens is 244 g/mol. The molecule has 1 N–H and O–H groups in total. The molecule has 0 saturated heterocycles. The Bertz CT molecular complexity index is 547. The highest BCUT2D eigenvalue weighted by molar-refractivity contribution is 5.48. The maximum absolute atomic E-state index is 10.4. The average molecular weight is 270 g/mol. The second-order valence-electron chi connectivity index (χ2n) is 7.79. The number of fused-ring (bicyclic) bond motifs is 5. The molecule has 0 spiro atoms. The largest absolute Gasteiger partial charge is 0.508 e. The van der Waals surface area contributed by atoms with E-state index in [0.29, 0.717) is 17.1 Å². The summed E-state index contributed by atoms with van der Waals surface area (Å²) in [5, 5.41) is 10.4. The summed E-state index contributed by atoms with van der Waals surface area (Å²) in [7, 11) is 0. The Hall–Kier alpha value is -0.980. The maximum Gasteiger partial charge on any atom is 0.119 e. The SMILES string of the molecule is Cc1ccc(O)c2c1CCC1C2CCC2(C)CCCC12. The fraction of sp³-hybridized carbons (Fsp3) is 0.684. The lowest BCUT2D eigenvalue weighted by Gasteiger charge is -2.49. The van der Waals surface area contributed by atoms with Crippen molar-refractivity contribution in [2.45, 2.75) is 64.7 Å². The zero-order valence-corrected chi connectivity index (χ0v) is 12.8. The third kappa shape index (κ3) is 1.61. The van der Waals surface area contributed by atoms with Gasteiger partial charge in [-0.1, -0.05) is 19.4 Å². The molecule has 0 aromatic heterocycles. The minimum atomic E-state index is 0.571. The summed E-state index contributed by atoms with van der Waals surface area (Å²) in [6.45, 7) is 4.74. The number of hydrogen-bond acceptors (Lipinski definition) is 1. The fourth-order valence-electron chi connectivity index (χ4n) is 5.86. The van der Waals surface area contributed by atoms with Gasteiger partial charge in [-0.2, -0.15) is 0 Å². The first-order valence-electron chi connectivity index (χ1n) is 8.41. The molecule has 1 nitrogen and oxygen atoms in total. The molecule has 3 aliphatic rings. The van der Waals surface area contributed by atoms with Crippen molar-refractivity contribution in [1.29, 1.82) is 0 Å². The van der Waals surface area contributed by atoms with E-state index in [2.05, 4.69) is 19.9 Å². The third-order valence-corrected chi connectivity index (χ3v) is 6.89. The van der Waals surface area contributed by atoms with Crippen LogP contribution in [0.3, 0.4) is 0 Å². The van der Waals surface area contributed by atoms with Crippen LogP contribution in [0.4, 0.5) is 0 Å². The summed E-state index contributed by atoms with van der Waals surface area (Å²) in [6, 6.07) is 4.02. The van der Waals surface area contributed by atoms with Crippen LogP contribution < -0.4 is 0 Å². The molecule has 2 saturated carbocycles. The first kappa shape index (κ1) is 12.7. The summed E-state index contributed by atoms with van der Waals surface area (Å²) in [6.07, 6.45) is 9.49. The van der Waals surface area contributed by atoms with Gasteiger partial charge in [0.05, 0.1) is 0 Å². The Labute approximate surface area is 122 Å². The molecule has 1 aromatic rings. The molecule has 4 rings (SSSR count). The van der Waals surface area contributed by atoms with Crippen LogP contribution in [0, 0.1) is 24.2 Å². The Balaban J connectivity index is 1.78. The lowest BCUT2D eigenvalue weighted by atomic mass is 9.55. The zero-order chi connectivity index (χ0) is 13.9. The van der Waals surface area contributed by atoms with Crippen molar-refractivity contribution >= 4 is 0 Å². The van der Waals surface area contributed by atoms with Gasteiger partial charge >= 0.3 is 0 Å². The van der Waals surface area contributed by atoms with Crippen molar-refractivity contribution in [3.63, 3.8) is 0 Å². The summed E-state index contributed by atoms with van der Waals surface area (Å²) in [5.74, 6) is 2.95. The molecule has 3 aliphatic carbocycles. The van der Waals surface area contributed by atoms with E-state index in [1.165, 1.54) is 61.6 Å². The first-order chi connectivity index (χ1) is 9.60. The van der Waals surface area contributed by atoms with Crippen LogP contribution in [-0.4, -0.2) is 5.11 Å². The molecule has 0 bridgehead atoms. The van der Waals surface area contributed by atoms with Gasteiger partial charge in [0.2, 0.25) is 0 Å². The van der Waals surface area contributed by atoms with Crippen LogP contribution >= 0.6 is 0 Å². The molecule has 1 aromatic carbocycles. The van der Waals surface area contributed by atoms with Gasteiger partial charge in [-0.25, -0.2) is 0 Å². The Morgan fingerprint density at radius 3 is 2.85 bits per heavy atom. The standard InChI is InChI=1S/C19H26O/c1-12-5-8-17(20)18-13(12)6-7-14-15(18)9-11-19(2)10-3-4-16(14)19/h5,8,14-16,20H,3-4,6-7,9-11H2,1-2H3. The van der Waals surface area contributed by atoms with E-state index in [9.17, 15) is 5.11 Å². The minimum absolute atomic E-state index is 0.571. The summed E-state index contributed by atoms with van der Waals surface area (Å²) in [5.41, 5.74) is 4.79. The van der Waals surface area contributed by atoms with Crippen molar-refractivity contribution in [2.75, 3.05) is 0 Å². The van der Waals surface area contributed by atoms with Gasteiger partial charge in [-0.3, -0.25) is 0 Å². The average Bonchev–Trinajstić information content (AvgIpc) is 2.84. The molecular formula is C19H26O. The summed E-state index contributed by atoms with van der Waals surface area (Å²) in [4.78, 5) is 0. The highest BCUT2D eigenvalue weighted by Gasteiger charge is 2.50. The van der Waals surface area contributed by atoms with Crippen LogP contribution in [0.5, 0.6) is 5.75 Å². The van der Waals surface area contributed by atoms with Gasteiger partial charge < -0.3 is 5.11 Å². The molecule has 0 heterocycles. The monoisotopic (exact) mass is 270 g/mol. The molecule has 2 fully saturated rings. The second kappa shape index (κ2) is 4.26. The quantitative estimate of drug-likeness (QED) is 0.707. The highest BCUT2D eigenvalue weighted by Crippen LogP contribution is 2.61. The molecule has 108 valence electrons. The van der Waals surface area contributed by atoms with Crippen LogP contribution in [0.15, 0.2) is 12.1 Å². The number of rotatable bonds is 0. The molecule has 0 amide bonds. The molecule has 0 aliphatic heterocycles. The van der Waals surface area contributed by atoms with Crippen LogP contribution in [0.25, 0.3) is 0 Å². The van der Waals surface area contributed by atoms with E-state index in [1.54, 1.807) is 0 Å². The van der Waals surface area contributed by atoms with E-state index in [4.69, 9.17) is 0 Å². The van der Waals surface area contributed by atoms with Gasteiger partial charge in [0, 0.05) is 5.56 Å². The molecule has 4 unspecified atom stereocenters. The zero-order valence-electron chi connectivity index (χ0n) is 12.8. The second-order valence-corrected chi connectivity index (χ2v) is 7.79. The highest BCUT2D eigenvalue weighted by atomic mass is 16.3. The fourth-order valence-corrected chi connectivity index (χ4v) is 5.86. The predicted molar refractivity (Wildman–Crippen MR) is 82.1 cm³/mol. The van der Waals surface area contributed by atoms with Gasteiger partial charge in [-0.15, -0.1) is 0 Å². The Morgan fingerprint density at radius 2 is 2.00 bits per heavy atom. The summed E-state index contributed by atoms with van der Waals surface area (Å²) < 4.78 is 0. The lowest BCUT2D eigenvalue weighted by Crippen LogP contribution is -2.39. The van der Waals surface area contributed by atoms with Crippen molar-refractivity contribution in [3.8, 4) is 5.75 Å². The van der Waals surface area contributed by atoms with E-state index in [0.717, 1.165) is 11.8 Å². The van der Waals surface area contributed by atoms with Crippen molar-refractivity contribution in [1.82, 2.24) is 0 Å². The third-order valence-electron chi connectivity index (χ3n) is 6.89. The molecule has 20 heavy (non-hydrogen) atoms. The van der Waals surface area contributed by atoms with E-state index in [1.807, 2.05) is 6.07 Å². The van der Waals surface area contributed by atoms with Gasteiger partial charge in [-0.05, 0) is 85.8 Å². The number of hydrogen-bond donors (Lipinski definition) is 1. The van der Waals surface area contributed by atoms with E-state index < -0.39 is 0 Å². The van der Waals surface area contributed by atoms with Crippen molar-refractivity contribution in [2.24, 2.45) is 17.3 Å². The molecule has 4 atom stereocenters. The number of phenolic OH excluding ortho intramolecular Hbond substituents is 1. The van der Waals surface area contributed by atoms with Gasteiger partial charge in [0.25, 0.3) is 0 Å². The summed E-state index contributed by atoms with van der Waals surface area (Å²) >= 11 is 0. The van der Waals surface area contributed by atoms with Crippen LogP contribution in [0.2, 0.25) is 0 Å². The minimum Gasteiger partial charge on any atom is -0.508 e. The molecule has 1 heteroatoms. The number of aryl methyl sites for hydroxylation is 1. The van der Waals surface area contributed by atoms with Gasteiger partial charge in [0.15, 0.2) is 0 Å². The number of aromatic hydroxyl groups is 1. The Morgan fingerprint density at radius 1 is 1.15 bits per heavy atom. The van der Waals surface area contributed by atoms with Crippen LogP contribution in [-0.2, 0) is 6.42 Å². The Kier molecular flexibility index (Phi) is 2.71. The smallest absolute Gasteiger partial charge is 0.119 e.